The highest BCUT2D eigenvalue weighted by molar-refractivity contribution is 7.16. The van der Waals surface area contributed by atoms with Crippen LogP contribution in [0, 0.1) is 30.1 Å². The fourth-order valence-electron chi connectivity index (χ4n) is 5.00. The van der Waals surface area contributed by atoms with Gasteiger partial charge in [-0.3, -0.25) is 19.5 Å². The van der Waals surface area contributed by atoms with Crippen LogP contribution >= 0.6 is 22.9 Å². The Morgan fingerprint density at radius 1 is 1.37 bits per heavy atom. The van der Waals surface area contributed by atoms with Crippen molar-refractivity contribution in [3.05, 3.63) is 40.0 Å². The summed E-state index contributed by atoms with van der Waals surface area (Å²) in [5.74, 6) is 0.342. The molecule has 2 fully saturated rings. The molecule has 2 saturated carbocycles. The predicted octanol–water partition coefficient (Wildman–Crippen LogP) is 5.61. The summed E-state index contributed by atoms with van der Waals surface area (Å²) in [4.78, 5) is 32.6. The average Bonchev–Trinajstić information content (AvgIpc) is 3.50. The molecule has 2 heterocycles. The highest BCUT2D eigenvalue weighted by Crippen LogP contribution is 2.36. The number of hydrogen-bond acceptors (Lipinski definition) is 6. The van der Waals surface area contributed by atoms with Gasteiger partial charge < -0.3 is 10.6 Å². The van der Waals surface area contributed by atoms with Gasteiger partial charge in [-0.25, -0.2) is 0 Å². The number of rotatable bonds is 10. The lowest BCUT2D eigenvalue weighted by molar-refractivity contribution is -0.125. The van der Waals surface area contributed by atoms with E-state index in [1.807, 2.05) is 32.0 Å². The zero-order valence-corrected chi connectivity index (χ0v) is 21.7. The van der Waals surface area contributed by atoms with Crippen molar-refractivity contribution in [1.29, 1.82) is 5.26 Å². The molecule has 2 aliphatic rings. The molecule has 7 nitrogen and oxygen atoms in total. The summed E-state index contributed by atoms with van der Waals surface area (Å²) in [5, 5.41) is 16.9. The molecule has 2 aromatic heterocycles. The van der Waals surface area contributed by atoms with Gasteiger partial charge in [0.05, 0.1) is 39.4 Å². The summed E-state index contributed by atoms with van der Waals surface area (Å²) in [6.07, 6.45) is 8.99. The number of halogens is 1. The van der Waals surface area contributed by atoms with Crippen LogP contribution in [-0.2, 0) is 9.59 Å². The minimum Gasteiger partial charge on any atom is -0.376 e. The Hall–Kier alpha value is -2.63. The maximum atomic E-state index is 13.3. The van der Waals surface area contributed by atoms with E-state index in [0.29, 0.717) is 30.2 Å². The number of hydrogen-bond donors (Lipinski definition) is 2. The minimum atomic E-state index is -0.550. The van der Waals surface area contributed by atoms with Crippen molar-refractivity contribution in [2.75, 3.05) is 10.2 Å². The summed E-state index contributed by atoms with van der Waals surface area (Å²) >= 11 is 7.62. The van der Waals surface area contributed by atoms with E-state index < -0.39 is 6.04 Å². The Morgan fingerprint density at radius 2 is 2.11 bits per heavy atom. The molecule has 35 heavy (non-hydrogen) atoms. The second-order valence-corrected chi connectivity index (χ2v) is 11.3. The van der Waals surface area contributed by atoms with Crippen LogP contribution in [0.4, 0.5) is 10.7 Å². The number of nitrogens with zero attached hydrogens (tertiary/aromatic N) is 3. The predicted molar refractivity (Wildman–Crippen MR) is 140 cm³/mol. The first kappa shape index (κ1) is 25.5. The van der Waals surface area contributed by atoms with E-state index in [1.54, 1.807) is 11.1 Å². The van der Waals surface area contributed by atoms with Crippen LogP contribution in [0.25, 0.3) is 0 Å². The van der Waals surface area contributed by atoms with E-state index in [-0.39, 0.29) is 23.9 Å². The molecule has 0 bridgehead atoms. The van der Waals surface area contributed by atoms with Gasteiger partial charge in [0.15, 0.2) is 0 Å². The van der Waals surface area contributed by atoms with Crippen molar-refractivity contribution >= 4 is 45.9 Å². The standard InChI is InChI=1S/C26H32ClN5O2S/c1-16-22(12-20(27)14-29-16)30-17(2)24-7-8-25(35-24)32(15-33)23(11-18-5-3-4-6-18)26(34)31-21-9-19(10-21)13-28/h7-8,12,14-15,17-19,21,23,30H,3-6,9-11H2,1-2H3,(H,31,34)/t17-,19?,21?,23-/m0/s1. The molecule has 2 amide bonds. The number of nitriles is 1. The van der Waals surface area contributed by atoms with E-state index in [1.165, 1.54) is 24.2 Å². The average molecular weight is 514 g/mol. The first-order chi connectivity index (χ1) is 16.9. The molecule has 0 radical (unpaired) electrons. The molecule has 9 heteroatoms. The van der Waals surface area contributed by atoms with E-state index in [2.05, 4.69) is 21.7 Å². The SMILES string of the molecule is Cc1ncc(Cl)cc1N[C@@H](C)c1ccc(N(C=O)[C@@H](CC2CCCC2)C(=O)NC2CC(C#N)C2)s1. The summed E-state index contributed by atoms with van der Waals surface area (Å²) in [5.41, 5.74) is 1.72. The summed E-state index contributed by atoms with van der Waals surface area (Å²) in [6.45, 7) is 3.97. The molecule has 0 aliphatic heterocycles. The number of nitrogens with one attached hydrogen (secondary N) is 2. The number of aromatic nitrogens is 1. The van der Waals surface area contributed by atoms with Crippen LogP contribution in [0.15, 0.2) is 24.4 Å². The fraction of sp³-hybridized carbons (Fsp3) is 0.538. The fourth-order valence-corrected chi connectivity index (χ4v) is 6.18. The molecule has 0 aromatic carbocycles. The van der Waals surface area contributed by atoms with Crippen LogP contribution < -0.4 is 15.5 Å². The monoisotopic (exact) mass is 513 g/mol. The third-order valence-corrected chi connectivity index (χ3v) is 8.66. The van der Waals surface area contributed by atoms with Gasteiger partial charge in [-0.15, -0.1) is 11.3 Å². The Morgan fingerprint density at radius 3 is 2.80 bits per heavy atom. The van der Waals surface area contributed by atoms with Crippen molar-refractivity contribution in [3.63, 3.8) is 0 Å². The van der Waals surface area contributed by atoms with Gasteiger partial charge in [0.25, 0.3) is 0 Å². The molecular weight excluding hydrogens is 482 g/mol. The van der Waals surface area contributed by atoms with Crippen molar-refractivity contribution in [3.8, 4) is 6.07 Å². The third kappa shape index (κ3) is 6.14. The molecule has 186 valence electrons. The second kappa shape index (κ2) is 11.4. The lowest BCUT2D eigenvalue weighted by Crippen LogP contribution is -2.53. The van der Waals surface area contributed by atoms with Crippen LogP contribution in [-0.4, -0.2) is 29.4 Å². The topological polar surface area (TPSA) is 98.1 Å². The molecule has 0 spiro atoms. The Kier molecular flexibility index (Phi) is 8.30. The van der Waals surface area contributed by atoms with Crippen LogP contribution in [0.1, 0.15) is 68.5 Å². The lowest BCUT2D eigenvalue weighted by atomic mass is 9.81. The van der Waals surface area contributed by atoms with Gasteiger partial charge in [-0.1, -0.05) is 37.3 Å². The smallest absolute Gasteiger partial charge is 0.243 e. The van der Waals surface area contributed by atoms with Gasteiger partial charge in [-0.2, -0.15) is 5.26 Å². The van der Waals surface area contributed by atoms with Crippen LogP contribution in [0.2, 0.25) is 5.02 Å². The highest BCUT2D eigenvalue weighted by atomic mass is 35.5. The summed E-state index contributed by atoms with van der Waals surface area (Å²) in [6, 6.07) is 7.46. The van der Waals surface area contributed by atoms with Crippen molar-refractivity contribution < 1.29 is 9.59 Å². The maximum Gasteiger partial charge on any atom is 0.243 e. The van der Waals surface area contributed by atoms with Crippen molar-refractivity contribution in [1.82, 2.24) is 10.3 Å². The van der Waals surface area contributed by atoms with Gasteiger partial charge in [0.1, 0.15) is 6.04 Å². The quantitative estimate of drug-likeness (QED) is 0.402. The zero-order valence-electron chi connectivity index (χ0n) is 20.2. The van der Waals surface area contributed by atoms with Crippen molar-refractivity contribution in [2.45, 2.75) is 76.9 Å². The molecule has 2 aromatic rings. The molecular formula is C26H32ClN5O2S. The largest absolute Gasteiger partial charge is 0.376 e. The summed E-state index contributed by atoms with van der Waals surface area (Å²) < 4.78 is 0. The number of thiophene rings is 1. The number of carbonyl (C=O) groups excluding carboxylic acids is 2. The first-order valence-corrected chi connectivity index (χ1v) is 13.5. The minimum absolute atomic E-state index is 0.0166. The number of aryl methyl sites for hydroxylation is 1. The zero-order chi connectivity index (χ0) is 24.9. The Bertz CT molecular complexity index is 1090. The van der Waals surface area contributed by atoms with Gasteiger partial charge >= 0.3 is 0 Å². The number of pyridine rings is 1. The molecule has 0 unspecified atom stereocenters. The molecule has 2 N–H and O–H groups in total. The Balaban J connectivity index is 1.49. The molecule has 2 aliphatic carbocycles. The second-order valence-electron chi connectivity index (χ2n) is 9.75. The van der Waals surface area contributed by atoms with Gasteiger partial charge in [-0.05, 0) is 57.2 Å². The van der Waals surface area contributed by atoms with Crippen LogP contribution in [0.5, 0.6) is 0 Å². The normalized spacial score (nSPS) is 21.4. The van der Waals surface area contributed by atoms with E-state index in [4.69, 9.17) is 16.9 Å². The number of amides is 2. The highest BCUT2D eigenvalue weighted by Gasteiger charge is 2.36. The summed E-state index contributed by atoms with van der Waals surface area (Å²) in [7, 11) is 0. The maximum absolute atomic E-state index is 13.3. The Labute approximate surface area is 215 Å². The van der Waals surface area contributed by atoms with Gasteiger partial charge in [0.2, 0.25) is 12.3 Å². The van der Waals surface area contributed by atoms with Crippen LogP contribution in [0.3, 0.4) is 0 Å². The van der Waals surface area contributed by atoms with E-state index in [0.717, 1.165) is 40.5 Å². The van der Waals surface area contributed by atoms with Gasteiger partial charge in [0, 0.05) is 17.1 Å². The third-order valence-electron chi connectivity index (χ3n) is 7.17. The van der Waals surface area contributed by atoms with Crippen molar-refractivity contribution in [2.24, 2.45) is 11.8 Å². The first-order valence-electron chi connectivity index (χ1n) is 12.3. The molecule has 4 rings (SSSR count). The number of carbonyl (C=O) groups is 2. The van der Waals surface area contributed by atoms with E-state index >= 15 is 0 Å². The molecule has 2 atom stereocenters. The number of anilines is 2. The van der Waals surface area contributed by atoms with E-state index in [9.17, 15) is 9.59 Å². The molecule has 0 saturated heterocycles. The lowest BCUT2D eigenvalue weighted by Gasteiger charge is -2.35.